The first-order chi connectivity index (χ1) is 14.1. The molecule has 0 amide bonds. The lowest BCUT2D eigenvalue weighted by Gasteiger charge is -2.07. The normalized spacial score (nSPS) is 11.3. The average molecular weight is 420 g/mol. The van der Waals surface area contributed by atoms with Crippen molar-refractivity contribution in [2.45, 2.75) is 12.2 Å². The summed E-state index contributed by atoms with van der Waals surface area (Å²) in [5.41, 5.74) is 22.2. The minimum Gasteiger partial charge on any atom is -0.450 e. The minimum atomic E-state index is -1.83. The SMILES string of the molecule is NC(N)=NCC(O)c1ccccc1.NC(N)=NCC(O)c1ccccc1.O=C(O)O. The third-order valence-corrected chi connectivity index (χ3v) is 3.26. The average Bonchev–Trinajstić information content (AvgIpc) is 2.71. The molecule has 30 heavy (non-hydrogen) atoms. The number of nitrogens with two attached hydrogens (primary N) is 4. The maximum Gasteiger partial charge on any atom is 0.503 e. The molecule has 0 fully saturated rings. The van der Waals surface area contributed by atoms with Gasteiger partial charge in [0, 0.05) is 0 Å². The van der Waals surface area contributed by atoms with Gasteiger partial charge in [-0.15, -0.1) is 0 Å². The Morgan fingerprint density at radius 3 is 1.20 bits per heavy atom. The molecule has 11 nitrogen and oxygen atoms in total. The van der Waals surface area contributed by atoms with E-state index in [0.29, 0.717) is 0 Å². The third kappa shape index (κ3) is 14.3. The third-order valence-electron chi connectivity index (χ3n) is 3.26. The number of guanidine groups is 2. The highest BCUT2D eigenvalue weighted by molar-refractivity contribution is 5.76. The zero-order chi connectivity index (χ0) is 22.9. The maximum absolute atomic E-state index is 9.55. The number of hydrogen-bond donors (Lipinski definition) is 8. The molecule has 2 atom stereocenters. The number of nitrogens with zero attached hydrogens (tertiary/aromatic N) is 2. The molecule has 0 aliphatic rings. The number of benzene rings is 2. The number of rotatable bonds is 6. The number of aliphatic imine (C=N–C) groups is 2. The number of hydrogen-bond acceptors (Lipinski definition) is 5. The first kappa shape index (κ1) is 26.2. The second kappa shape index (κ2) is 15.1. The lowest BCUT2D eigenvalue weighted by molar-refractivity contribution is 0.137. The van der Waals surface area contributed by atoms with E-state index in [1.807, 2.05) is 60.7 Å². The molecule has 0 aromatic heterocycles. The quantitative estimate of drug-likeness (QED) is 0.235. The molecule has 11 heteroatoms. The van der Waals surface area contributed by atoms with Crippen molar-refractivity contribution >= 4 is 18.1 Å². The van der Waals surface area contributed by atoms with Crippen molar-refractivity contribution < 1.29 is 25.2 Å². The summed E-state index contributed by atoms with van der Waals surface area (Å²) in [6.07, 6.45) is -3.11. The van der Waals surface area contributed by atoms with Crippen LogP contribution in [-0.2, 0) is 0 Å². The first-order valence-corrected chi connectivity index (χ1v) is 8.62. The van der Waals surface area contributed by atoms with E-state index in [1.54, 1.807) is 0 Å². The van der Waals surface area contributed by atoms with Crippen molar-refractivity contribution in [3.63, 3.8) is 0 Å². The van der Waals surface area contributed by atoms with Gasteiger partial charge in [-0.1, -0.05) is 60.7 Å². The molecular weight excluding hydrogens is 392 g/mol. The van der Waals surface area contributed by atoms with E-state index < -0.39 is 18.4 Å². The molecule has 2 unspecified atom stereocenters. The zero-order valence-corrected chi connectivity index (χ0v) is 16.2. The smallest absolute Gasteiger partial charge is 0.450 e. The molecule has 0 aliphatic heterocycles. The van der Waals surface area contributed by atoms with Crippen LogP contribution in [0.4, 0.5) is 4.79 Å². The summed E-state index contributed by atoms with van der Waals surface area (Å²) in [4.78, 5) is 16.0. The Balaban J connectivity index is 0.000000477. The summed E-state index contributed by atoms with van der Waals surface area (Å²) in [5.74, 6) is -0.00929. The fraction of sp³-hybridized carbons (Fsp3) is 0.211. The van der Waals surface area contributed by atoms with E-state index in [-0.39, 0.29) is 25.0 Å². The highest BCUT2D eigenvalue weighted by Gasteiger charge is 2.05. The lowest BCUT2D eigenvalue weighted by Crippen LogP contribution is -2.23. The molecule has 2 rings (SSSR count). The van der Waals surface area contributed by atoms with Gasteiger partial charge in [0.2, 0.25) is 0 Å². The molecule has 12 N–H and O–H groups in total. The summed E-state index contributed by atoms with van der Waals surface area (Å²) in [6, 6.07) is 18.5. The van der Waals surface area contributed by atoms with Crippen molar-refractivity contribution in [1.29, 1.82) is 0 Å². The second-order valence-corrected chi connectivity index (χ2v) is 5.67. The first-order valence-electron chi connectivity index (χ1n) is 8.62. The Kier molecular flexibility index (Phi) is 13.2. The summed E-state index contributed by atoms with van der Waals surface area (Å²) in [7, 11) is 0. The molecule has 0 saturated heterocycles. The number of carbonyl (C=O) groups is 1. The molecule has 164 valence electrons. The molecule has 0 aliphatic carbocycles. The van der Waals surface area contributed by atoms with Crippen LogP contribution in [0.1, 0.15) is 23.3 Å². The van der Waals surface area contributed by atoms with Crippen LogP contribution in [0.5, 0.6) is 0 Å². The van der Waals surface area contributed by atoms with Crippen LogP contribution in [0.2, 0.25) is 0 Å². The van der Waals surface area contributed by atoms with Gasteiger partial charge < -0.3 is 43.4 Å². The van der Waals surface area contributed by atoms with Gasteiger partial charge in [0.05, 0.1) is 25.3 Å². The number of aliphatic hydroxyl groups is 2. The van der Waals surface area contributed by atoms with Gasteiger partial charge in [-0.25, -0.2) is 4.79 Å². The van der Waals surface area contributed by atoms with Crippen LogP contribution in [0.3, 0.4) is 0 Å². The van der Waals surface area contributed by atoms with E-state index in [0.717, 1.165) is 11.1 Å². The molecule has 0 saturated carbocycles. The highest BCUT2D eigenvalue weighted by Crippen LogP contribution is 2.12. The van der Waals surface area contributed by atoms with Crippen LogP contribution < -0.4 is 22.9 Å². The Morgan fingerprint density at radius 2 is 0.967 bits per heavy atom. The zero-order valence-electron chi connectivity index (χ0n) is 16.2. The molecular formula is C19H28N6O5. The van der Waals surface area contributed by atoms with Crippen molar-refractivity contribution in [2.75, 3.05) is 13.1 Å². The van der Waals surface area contributed by atoms with Gasteiger partial charge in [0.15, 0.2) is 11.9 Å². The van der Waals surface area contributed by atoms with E-state index in [1.165, 1.54) is 0 Å². The van der Waals surface area contributed by atoms with Gasteiger partial charge in [0.25, 0.3) is 0 Å². The predicted molar refractivity (Wildman–Crippen MR) is 115 cm³/mol. The van der Waals surface area contributed by atoms with Gasteiger partial charge in [0.1, 0.15) is 0 Å². The van der Waals surface area contributed by atoms with E-state index in [4.69, 9.17) is 37.9 Å². The molecule has 2 aromatic carbocycles. The van der Waals surface area contributed by atoms with E-state index in [2.05, 4.69) is 9.98 Å². The summed E-state index contributed by atoms with van der Waals surface area (Å²) in [6.45, 7) is 0.401. The van der Waals surface area contributed by atoms with Crippen LogP contribution in [0.15, 0.2) is 70.6 Å². The van der Waals surface area contributed by atoms with Gasteiger partial charge in [-0.05, 0) is 11.1 Å². The molecule has 0 heterocycles. The Labute approximate surface area is 174 Å². The van der Waals surface area contributed by atoms with Crippen molar-refractivity contribution in [3.05, 3.63) is 71.8 Å². The van der Waals surface area contributed by atoms with Crippen molar-refractivity contribution in [3.8, 4) is 0 Å². The number of carboxylic acid groups (broad SMARTS) is 2. The molecule has 0 spiro atoms. The molecule has 0 radical (unpaired) electrons. The Bertz CT molecular complexity index is 713. The van der Waals surface area contributed by atoms with Gasteiger partial charge >= 0.3 is 6.16 Å². The van der Waals surface area contributed by atoms with Gasteiger partial charge in [-0.2, -0.15) is 0 Å². The van der Waals surface area contributed by atoms with Crippen LogP contribution in [0, 0.1) is 0 Å². The molecule has 0 bridgehead atoms. The summed E-state index contributed by atoms with van der Waals surface area (Å²) in [5, 5.41) is 33.0. The van der Waals surface area contributed by atoms with Crippen LogP contribution in [-0.4, -0.2) is 51.6 Å². The van der Waals surface area contributed by atoms with Crippen molar-refractivity contribution in [2.24, 2.45) is 32.9 Å². The minimum absolute atomic E-state index is 0.00465. The second-order valence-electron chi connectivity index (χ2n) is 5.67. The Hall–Kier alpha value is -3.83. The largest absolute Gasteiger partial charge is 0.503 e. The monoisotopic (exact) mass is 420 g/mol. The van der Waals surface area contributed by atoms with Gasteiger partial charge in [-0.3, -0.25) is 9.98 Å². The lowest BCUT2D eigenvalue weighted by atomic mass is 10.1. The topological polar surface area (TPSA) is 227 Å². The fourth-order valence-electron chi connectivity index (χ4n) is 1.94. The molecule has 2 aromatic rings. The standard InChI is InChI=1S/2C9H13N3O.CH2O3/c2*10-9(11)12-6-8(13)7-4-2-1-3-5-7;2-1(3)4/h2*1-5,8,13H,6H2,(H4,10,11,12);(H2,2,3,4). The summed E-state index contributed by atoms with van der Waals surface area (Å²) >= 11 is 0. The maximum atomic E-state index is 9.55. The Morgan fingerprint density at radius 1 is 0.700 bits per heavy atom. The number of aliphatic hydroxyl groups excluding tert-OH is 2. The summed E-state index contributed by atoms with van der Waals surface area (Å²) < 4.78 is 0. The van der Waals surface area contributed by atoms with Crippen LogP contribution >= 0.6 is 0 Å². The predicted octanol–water partition coefficient (Wildman–Crippen LogP) is 0.209. The van der Waals surface area contributed by atoms with E-state index in [9.17, 15) is 10.2 Å². The van der Waals surface area contributed by atoms with Crippen molar-refractivity contribution in [1.82, 2.24) is 0 Å². The van der Waals surface area contributed by atoms with Crippen LogP contribution in [0.25, 0.3) is 0 Å². The fourth-order valence-corrected chi connectivity index (χ4v) is 1.94. The highest BCUT2D eigenvalue weighted by atomic mass is 16.6. The van der Waals surface area contributed by atoms with E-state index >= 15 is 0 Å².